The first-order valence-corrected chi connectivity index (χ1v) is 6.02. The quantitative estimate of drug-likeness (QED) is 0.517. The summed E-state index contributed by atoms with van der Waals surface area (Å²) in [6.07, 6.45) is 8.83. The maximum Gasteiger partial charge on any atom is 0.254 e. The molecule has 0 atom stereocenters. The molecule has 1 N–H and O–H groups in total. The number of hydrogen-bond acceptors (Lipinski definition) is 1. The van der Waals surface area contributed by atoms with Crippen LogP contribution in [-0.4, -0.2) is 18.2 Å². The van der Waals surface area contributed by atoms with E-state index in [9.17, 15) is 0 Å². The molecule has 0 aliphatic heterocycles. The third-order valence-corrected chi connectivity index (χ3v) is 2.51. The minimum absolute atomic E-state index is 0.820. The Balaban J connectivity index is 2.29. The van der Waals surface area contributed by atoms with Gasteiger partial charge in [0.25, 0.3) is 5.82 Å². The predicted octanol–water partition coefficient (Wildman–Crippen LogP) is 2.07. The fourth-order valence-corrected chi connectivity index (χ4v) is 1.64. The zero-order valence-corrected chi connectivity index (χ0v) is 9.96. The van der Waals surface area contributed by atoms with Crippen molar-refractivity contribution in [3.63, 3.8) is 0 Å². The van der Waals surface area contributed by atoms with E-state index in [0.717, 1.165) is 32.6 Å². The van der Waals surface area contributed by atoms with E-state index in [0.29, 0.717) is 0 Å². The van der Waals surface area contributed by atoms with E-state index < -0.39 is 0 Å². The van der Waals surface area contributed by atoms with Crippen LogP contribution in [0.4, 0.5) is 0 Å². The Hall–Kier alpha value is -0.830. The number of imidazole rings is 1. The topological polar surface area (TPSA) is 28.9 Å². The first kappa shape index (κ1) is 12.2. The molecule has 0 fully saturated rings. The van der Waals surface area contributed by atoms with Gasteiger partial charge in [-0.15, -0.1) is 0 Å². The van der Waals surface area contributed by atoms with Crippen LogP contribution in [0.5, 0.6) is 0 Å². The van der Waals surface area contributed by atoms with Gasteiger partial charge in [-0.1, -0.05) is 13.3 Å². The number of hydrogen-bond donors (Lipinski definition) is 1. The van der Waals surface area contributed by atoms with Gasteiger partial charge in [-0.2, -0.15) is 0 Å². The van der Waals surface area contributed by atoms with Gasteiger partial charge in [0.15, 0.2) is 0 Å². The summed E-state index contributed by atoms with van der Waals surface area (Å²) in [6.45, 7) is 7.08. The van der Waals surface area contributed by atoms with Crippen LogP contribution >= 0.6 is 0 Å². The highest BCUT2D eigenvalue weighted by Gasteiger charge is 2.08. The predicted molar refractivity (Wildman–Crippen MR) is 60.7 cm³/mol. The zero-order chi connectivity index (χ0) is 10.9. The van der Waals surface area contributed by atoms with E-state index in [4.69, 9.17) is 4.74 Å². The summed E-state index contributed by atoms with van der Waals surface area (Å²) in [5, 5.41) is 0. The molecule has 0 saturated carbocycles. The van der Waals surface area contributed by atoms with Crippen molar-refractivity contribution in [3.8, 4) is 0 Å². The van der Waals surface area contributed by atoms with Crippen LogP contribution in [0.1, 0.15) is 38.9 Å². The van der Waals surface area contributed by atoms with Gasteiger partial charge in [0, 0.05) is 13.2 Å². The molecule has 3 heteroatoms. The van der Waals surface area contributed by atoms with E-state index in [2.05, 4.69) is 22.7 Å². The summed E-state index contributed by atoms with van der Waals surface area (Å²) in [7, 11) is 0. The largest absolute Gasteiger partial charge is 0.382 e. The van der Waals surface area contributed by atoms with Crippen molar-refractivity contribution in [1.29, 1.82) is 0 Å². The molecule has 86 valence electrons. The Kier molecular flexibility index (Phi) is 6.09. The van der Waals surface area contributed by atoms with Crippen LogP contribution in [0.3, 0.4) is 0 Å². The number of H-pyrrole nitrogens is 1. The van der Waals surface area contributed by atoms with Crippen LogP contribution in [0.2, 0.25) is 0 Å². The Morgan fingerprint density at radius 1 is 1.33 bits per heavy atom. The van der Waals surface area contributed by atoms with E-state index in [-0.39, 0.29) is 0 Å². The normalized spacial score (nSPS) is 10.8. The van der Waals surface area contributed by atoms with Gasteiger partial charge in [0.2, 0.25) is 0 Å². The van der Waals surface area contributed by atoms with Crippen molar-refractivity contribution < 1.29 is 9.30 Å². The first-order valence-electron chi connectivity index (χ1n) is 6.02. The number of rotatable bonds is 8. The summed E-state index contributed by atoms with van der Waals surface area (Å²) < 4.78 is 7.64. The van der Waals surface area contributed by atoms with Crippen LogP contribution < -0.4 is 4.57 Å². The summed E-state index contributed by atoms with van der Waals surface area (Å²) >= 11 is 0. The van der Waals surface area contributed by atoms with Gasteiger partial charge in [-0.3, -0.25) is 0 Å². The minimum Gasteiger partial charge on any atom is -0.382 e. The van der Waals surface area contributed by atoms with Gasteiger partial charge in [0.05, 0.1) is 13.0 Å². The Bertz CT molecular complexity index is 258. The lowest BCUT2D eigenvalue weighted by Crippen LogP contribution is -2.36. The summed E-state index contributed by atoms with van der Waals surface area (Å²) in [6, 6.07) is 0. The van der Waals surface area contributed by atoms with E-state index in [1.165, 1.54) is 18.7 Å². The Labute approximate surface area is 92.5 Å². The van der Waals surface area contributed by atoms with Crippen molar-refractivity contribution in [2.24, 2.45) is 0 Å². The second-order valence-corrected chi connectivity index (χ2v) is 3.75. The molecule has 0 spiro atoms. The average Bonchev–Trinajstić information content (AvgIpc) is 2.69. The third kappa shape index (κ3) is 4.47. The molecule has 1 aromatic rings. The summed E-state index contributed by atoms with van der Waals surface area (Å²) in [4.78, 5) is 3.30. The second kappa shape index (κ2) is 7.46. The highest BCUT2D eigenvalue weighted by molar-refractivity contribution is 4.77. The van der Waals surface area contributed by atoms with E-state index >= 15 is 0 Å². The lowest BCUT2D eigenvalue weighted by Gasteiger charge is -2.00. The fourth-order valence-electron chi connectivity index (χ4n) is 1.64. The highest BCUT2D eigenvalue weighted by Crippen LogP contribution is 1.96. The standard InChI is InChI=1S/C12H22N2O/c1-3-5-9-14-10-8-13-12(14)7-6-11-15-4-2/h8,10H,3-7,9,11H2,1-2H3/p+1. The molecule has 0 aromatic carbocycles. The van der Waals surface area contributed by atoms with E-state index in [1.807, 2.05) is 13.1 Å². The van der Waals surface area contributed by atoms with Crippen LogP contribution in [0, 0.1) is 0 Å². The van der Waals surface area contributed by atoms with Gasteiger partial charge >= 0.3 is 0 Å². The molecular weight excluding hydrogens is 188 g/mol. The molecule has 15 heavy (non-hydrogen) atoms. The lowest BCUT2D eigenvalue weighted by molar-refractivity contribution is -0.703. The second-order valence-electron chi connectivity index (χ2n) is 3.75. The molecule has 3 nitrogen and oxygen atoms in total. The molecular formula is C12H23N2O+. The smallest absolute Gasteiger partial charge is 0.254 e. The maximum atomic E-state index is 5.33. The molecule has 0 saturated heterocycles. The maximum absolute atomic E-state index is 5.33. The van der Waals surface area contributed by atoms with Crippen molar-refractivity contribution in [2.45, 2.75) is 46.1 Å². The van der Waals surface area contributed by atoms with Crippen LogP contribution in [0.15, 0.2) is 12.4 Å². The van der Waals surface area contributed by atoms with Crippen LogP contribution in [-0.2, 0) is 17.7 Å². The first-order chi connectivity index (χ1) is 7.38. The zero-order valence-electron chi connectivity index (χ0n) is 9.96. The molecule has 1 aromatic heterocycles. The molecule has 1 heterocycles. The summed E-state index contributed by atoms with van der Waals surface area (Å²) in [5.41, 5.74) is 0. The van der Waals surface area contributed by atoms with Gasteiger partial charge < -0.3 is 4.74 Å². The van der Waals surface area contributed by atoms with Crippen molar-refractivity contribution in [3.05, 3.63) is 18.2 Å². The number of nitrogens with zero attached hydrogens (tertiary/aromatic N) is 1. The Morgan fingerprint density at radius 2 is 2.20 bits per heavy atom. The van der Waals surface area contributed by atoms with Gasteiger partial charge in [0.1, 0.15) is 12.4 Å². The number of nitrogens with one attached hydrogen (secondary N) is 1. The Morgan fingerprint density at radius 3 is 2.93 bits per heavy atom. The summed E-state index contributed by atoms with van der Waals surface area (Å²) in [5.74, 6) is 1.32. The van der Waals surface area contributed by atoms with Gasteiger partial charge in [-0.25, -0.2) is 9.55 Å². The number of aryl methyl sites for hydroxylation is 2. The molecule has 0 amide bonds. The minimum atomic E-state index is 0.820. The van der Waals surface area contributed by atoms with Crippen molar-refractivity contribution >= 4 is 0 Å². The highest BCUT2D eigenvalue weighted by atomic mass is 16.5. The molecule has 0 radical (unpaired) electrons. The van der Waals surface area contributed by atoms with Gasteiger partial charge in [-0.05, 0) is 19.8 Å². The SMILES string of the molecule is CCCC[n+]1cc[nH]c1CCCOCC. The number of aromatic amines is 1. The molecule has 0 aliphatic carbocycles. The average molecular weight is 211 g/mol. The van der Waals surface area contributed by atoms with Crippen molar-refractivity contribution in [2.75, 3.05) is 13.2 Å². The van der Waals surface area contributed by atoms with E-state index in [1.54, 1.807) is 0 Å². The molecule has 0 aliphatic rings. The number of unbranched alkanes of at least 4 members (excludes halogenated alkanes) is 1. The lowest BCUT2D eigenvalue weighted by atomic mass is 10.3. The fraction of sp³-hybridized carbons (Fsp3) is 0.750. The van der Waals surface area contributed by atoms with Crippen LogP contribution in [0.25, 0.3) is 0 Å². The third-order valence-electron chi connectivity index (χ3n) is 2.51. The molecule has 0 unspecified atom stereocenters. The monoisotopic (exact) mass is 211 g/mol. The van der Waals surface area contributed by atoms with Crippen molar-refractivity contribution in [1.82, 2.24) is 4.98 Å². The number of aromatic nitrogens is 2. The number of ether oxygens (including phenoxy) is 1. The molecule has 1 rings (SSSR count). The molecule has 0 bridgehead atoms.